The summed E-state index contributed by atoms with van der Waals surface area (Å²) in [5.74, 6) is -0.0208. The topological polar surface area (TPSA) is 42.1 Å². The van der Waals surface area contributed by atoms with E-state index in [4.69, 9.17) is 0 Å². The predicted octanol–water partition coefficient (Wildman–Crippen LogP) is 0.844. The van der Waals surface area contributed by atoms with E-state index in [1.807, 2.05) is 0 Å². The van der Waals surface area contributed by atoms with Gasteiger partial charge in [0.05, 0.1) is 5.69 Å². The van der Waals surface area contributed by atoms with Gasteiger partial charge in [-0.25, -0.2) is 0 Å². The number of aromatic nitrogens is 1. The molecule has 1 heterocycles. The van der Waals surface area contributed by atoms with Crippen molar-refractivity contribution in [1.82, 2.24) is 4.98 Å². The van der Waals surface area contributed by atoms with Gasteiger partial charge in [0, 0.05) is 13.3 Å². The normalized spacial score (nSPS) is 9.70. The van der Waals surface area contributed by atoms with Crippen molar-refractivity contribution >= 4 is 5.78 Å². The van der Waals surface area contributed by atoms with Gasteiger partial charge in [-0.2, -0.15) is 0 Å². The number of ether oxygens (including phenoxy) is 1. The second-order valence-electron chi connectivity index (χ2n) is 1.94. The molecule has 0 saturated carbocycles. The number of H-pyrrole nitrogens is 1. The van der Waals surface area contributed by atoms with Crippen molar-refractivity contribution in [3.63, 3.8) is 0 Å². The van der Waals surface area contributed by atoms with Gasteiger partial charge in [0.25, 0.3) is 0 Å². The maximum absolute atomic E-state index is 10.9. The fourth-order valence-corrected chi connectivity index (χ4v) is 0.713. The number of carbonyl (C=O) groups is 1. The number of hydrogen-bond acceptors (Lipinski definition) is 2. The highest BCUT2D eigenvalue weighted by molar-refractivity contribution is 5.95. The van der Waals surface area contributed by atoms with Crippen molar-refractivity contribution in [2.24, 2.45) is 0 Å². The summed E-state index contributed by atoms with van der Waals surface area (Å²) in [6, 6.07) is 3.50. The van der Waals surface area contributed by atoms with Crippen LogP contribution in [0.4, 0.5) is 0 Å². The van der Waals surface area contributed by atoms with Crippen LogP contribution in [0.3, 0.4) is 0 Å². The molecular weight excluding hydrogens is 130 g/mol. The molecule has 0 atom stereocenters. The summed E-state index contributed by atoms with van der Waals surface area (Å²) in [6.07, 6.45) is 1.71. The first-order chi connectivity index (χ1) is 4.84. The summed E-state index contributed by atoms with van der Waals surface area (Å²) in [5, 5.41) is 0. The Labute approximate surface area is 59.0 Å². The van der Waals surface area contributed by atoms with Crippen molar-refractivity contribution in [3.8, 4) is 0 Å². The van der Waals surface area contributed by atoms with Crippen molar-refractivity contribution in [2.75, 3.05) is 13.7 Å². The lowest BCUT2D eigenvalue weighted by atomic mass is 10.3. The third kappa shape index (κ3) is 1.45. The molecule has 1 aromatic heterocycles. The molecule has 0 aliphatic carbocycles. The van der Waals surface area contributed by atoms with Crippen molar-refractivity contribution in [1.29, 1.82) is 0 Å². The largest absolute Gasteiger partial charge is 0.376 e. The molecule has 10 heavy (non-hydrogen) atoms. The van der Waals surface area contributed by atoms with E-state index in [1.54, 1.807) is 18.3 Å². The van der Waals surface area contributed by atoms with Crippen molar-refractivity contribution in [2.45, 2.75) is 0 Å². The van der Waals surface area contributed by atoms with Gasteiger partial charge in [-0.05, 0) is 12.1 Å². The van der Waals surface area contributed by atoms with Gasteiger partial charge in [-0.1, -0.05) is 0 Å². The van der Waals surface area contributed by atoms with Gasteiger partial charge < -0.3 is 9.72 Å². The third-order valence-corrected chi connectivity index (χ3v) is 1.17. The van der Waals surface area contributed by atoms with E-state index >= 15 is 0 Å². The zero-order valence-electron chi connectivity index (χ0n) is 5.76. The van der Waals surface area contributed by atoms with Crippen LogP contribution in [0.2, 0.25) is 0 Å². The monoisotopic (exact) mass is 139 g/mol. The molecule has 54 valence electrons. The number of Topliss-reactive ketones (excluding diaryl/α,β-unsaturated/α-hetero) is 1. The molecular formula is C7H9NO2. The maximum atomic E-state index is 10.9. The van der Waals surface area contributed by atoms with Crippen LogP contribution in [-0.4, -0.2) is 24.5 Å². The van der Waals surface area contributed by atoms with Crippen LogP contribution in [0.5, 0.6) is 0 Å². The molecule has 0 amide bonds. The molecule has 0 fully saturated rings. The molecule has 0 aliphatic rings. The lowest BCUT2D eigenvalue weighted by Gasteiger charge is -1.93. The Morgan fingerprint density at radius 3 is 3.10 bits per heavy atom. The number of hydrogen-bond donors (Lipinski definition) is 1. The van der Waals surface area contributed by atoms with Gasteiger partial charge in [0.15, 0.2) is 0 Å². The highest BCUT2D eigenvalue weighted by atomic mass is 16.5. The summed E-state index contributed by atoms with van der Waals surface area (Å²) < 4.78 is 4.66. The Bertz CT molecular complexity index is 203. The van der Waals surface area contributed by atoms with E-state index in [2.05, 4.69) is 9.72 Å². The molecule has 0 unspecified atom stereocenters. The first kappa shape index (κ1) is 7.02. The summed E-state index contributed by atoms with van der Waals surface area (Å²) in [7, 11) is 1.50. The van der Waals surface area contributed by atoms with E-state index in [-0.39, 0.29) is 12.4 Å². The Balaban J connectivity index is 2.59. The molecule has 0 aliphatic heterocycles. The van der Waals surface area contributed by atoms with Crippen LogP contribution in [0, 0.1) is 0 Å². The number of aromatic amines is 1. The van der Waals surface area contributed by atoms with Crippen LogP contribution < -0.4 is 0 Å². The second-order valence-corrected chi connectivity index (χ2v) is 1.94. The third-order valence-electron chi connectivity index (χ3n) is 1.17. The van der Waals surface area contributed by atoms with Gasteiger partial charge in [-0.3, -0.25) is 4.79 Å². The minimum absolute atomic E-state index is 0.0208. The Morgan fingerprint density at radius 1 is 1.80 bits per heavy atom. The highest BCUT2D eigenvalue weighted by Gasteiger charge is 2.03. The highest BCUT2D eigenvalue weighted by Crippen LogP contribution is 1.95. The first-order valence-corrected chi connectivity index (χ1v) is 3.00. The Hall–Kier alpha value is -1.09. The van der Waals surface area contributed by atoms with E-state index in [0.717, 1.165) is 0 Å². The molecule has 0 spiro atoms. The molecule has 0 saturated heterocycles. The van der Waals surface area contributed by atoms with Crippen LogP contribution in [0.15, 0.2) is 18.3 Å². The van der Waals surface area contributed by atoms with E-state index in [9.17, 15) is 4.79 Å². The maximum Gasteiger partial charge on any atom is 0.204 e. The number of nitrogens with one attached hydrogen (secondary N) is 1. The summed E-state index contributed by atoms with van der Waals surface area (Å²) >= 11 is 0. The van der Waals surface area contributed by atoms with Crippen LogP contribution in [-0.2, 0) is 4.74 Å². The second kappa shape index (κ2) is 3.17. The average molecular weight is 139 g/mol. The molecule has 1 N–H and O–H groups in total. The summed E-state index contributed by atoms with van der Waals surface area (Å²) in [5.41, 5.74) is 0.599. The Morgan fingerprint density at radius 2 is 2.60 bits per heavy atom. The molecule has 0 radical (unpaired) electrons. The predicted molar refractivity (Wildman–Crippen MR) is 37.0 cm³/mol. The minimum Gasteiger partial charge on any atom is -0.376 e. The van der Waals surface area contributed by atoms with E-state index in [0.29, 0.717) is 5.69 Å². The van der Waals surface area contributed by atoms with Crippen molar-refractivity contribution < 1.29 is 9.53 Å². The lowest BCUT2D eigenvalue weighted by molar-refractivity contribution is 0.0843. The lowest BCUT2D eigenvalue weighted by Crippen LogP contribution is -2.06. The van der Waals surface area contributed by atoms with Gasteiger partial charge in [-0.15, -0.1) is 0 Å². The van der Waals surface area contributed by atoms with E-state index in [1.165, 1.54) is 7.11 Å². The number of carbonyl (C=O) groups excluding carboxylic acids is 1. The Kier molecular flexibility index (Phi) is 2.23. The minimum atomic E-state index is -0.0208. The first-order valence-electron chi connectivity index (χ1n) is 3.00. The molecule has 3 nitrogen and oxygen atoms in total. The standard InChI is InChI=1S/C7H9NO2/c1-10-5-7(9)6-3-2-4-8-6/h2-4,8H,5H2,1H3. The fourth-order valence-electron chi connectivity index (χ4n) is 0.713. The number of rotatable bonds is 3. The smallest absolute Gasteiger partial charge is 0.204 e. The molecule has 1 aromatic rings. The summed E-state index contributed by atoms with van der Waals surface area (Å²) in [6.45, 7) is 0.139. The molecule has 0 aromatic carbocycles. The van der Waals surface area contributed by atoms with Gasteiger partial charge in [0.1, 0.15) is 6.61 Å². The van der Waals surface area contributed by atoms with Gasteiger partial charge >= 0.3 is 0 Å². The molecule has 3 heteroatoms. The zero-order valence-corrected chi connectivity index (χ0v) is 5.76. The van der Waals surface area contributed by atoms with Crippen molar-refractivity contribution in [3.05, 3.63) is 24.0 Å². The number of methoxy groups -OCH3 is 1. The molecule has 1 rings (SSSR count). The summed E-state index contributed by atoms with van der Waals surface area (Å²) in [4.78, 5) is 13.7. The quantitative estimate of drug-likeness (QED) is 0.630. The van der Waals surface area contributed by atoms with Crippen LogP contribution in [0.25, 0.3) is 0 Å². The number of ketones is 1. The van der Waals surface area contributed by atoms with Crippen LogP contribution in [0.1, 0.15) is 10.5 Å². The molecule has 0 bridgehead atoms. The SMILES string of the molecule is COCC(=O)c1ccc[nH]1. The zero-order chi connectivity index (χ0) is 7.40. The van der Waals surface area contributed by atoms with E-state index < -0.39 is 0 Å². The average Bonchev–Trinajstić information content (AvgIpc) is 2.38. The van der Waals surface area contributed by atoms with Crippen LogP contribution >= 0.6 is 0 Å². The fraction of sp³-hybridized carbons (Fsp3) is 0.286. The van der Waals surface area contributed by atoms with Gasteiger partial charge in [0.2, 0.25) is 5.78 Å².